The standard InChI is InChI=1S/C10H15BrN4/c1-2-15-10(12-8-13-15)7-14-5-3-4-9(11)6-14/h4,8H,2-3,5-7H2,1H3. The minimum absolute atomic E-state index is 0.886. The molecule has 1 aromatic rings. The Labute approximate surface area is 98.1 Å². The van der Waals surface area contributed by atoms with Crippen LogP contribution in [0.4, 0.5) is 0 Å². The zero-order chi connectivity index (χ0) is 10.7. The molecule has 0 saturated heterocycles. The Hall–Kier alpha value is -0.680. The van der Waals surface area contributed by atoms with Gasteiger partial charge in [0.25, 0.3) is 0 Å². The van der Waals surface area contributed by atoms with Crippen molar-refractivity contribution in [2.24, 2.45) is 0 Å². The van der Waals surface area contributed by atoms with Gasteiger partial charge >= 0.3 is 0 Å². The number of aromatic nitrogens is 3. The summed E-state index contributed by atoms with van der Waals surface area (Å²) in [6.07, 6.45) is 4.98. The smallest absolute Gasteiger partial charge is 0.141 e. The molecule has 0 saturated carbocycles. The van der Waals surface area contributed by atoms with Crippen LogP contribution in [0, 0.1) is 0 Å². The third-order valence-electron chi connectivity index (χ3n) is 2.55. The van der Waals surface area contributed by atoms with E-state index in [2.05, 4.69) is 43.9 Å². The van der Waals surface area contributed by atoms with Gasteiger partial charge in [-0.3, -0.25) is 4.90 Å². The first-order chi connectivity index (χ1) is 7.29. The van der Waals surface area contributed by atoms with E-state index in [1.165, 1.54) is 4.48 Å². The van der Waals surface area contributed by atoms with E-state index >= 15 is 0 Å². The van der Waals surface area contributed by atoms with Crippen LogP contribution in [0.2, 0.25) is 0 Å². The molecule has 82 valence electrons. The van der Waals surface area contributed by atoms with Gasteiger partial charge in [0, 0.05) is 24.1 Å². The van der Waals surface area contributed by atoms with Crippen molar-refractivity contribution < 1.29 is 0 Å². The topological polar surface area (TPSA) is 34.0 Å². The number of aryl methyl sites for hydroxylation is 1. The molecule has 1 aliphatic heterocycles. The van der Waals surface area contributed by atoms with E-state index in [0.29, 0.717) is 0 Å². The van der Waals surface area contributed by atoms with Gasteiger partial charge in [0.05, 0.1) is 6.54 Å². The molecule has 2 rings (SSSR count). The molecule has 2 heterocycles. The summed E-state index contributed by atoms with van der Waals surface area (Å²) >= 11 is 3.54. The Morgan fingerprint density at radius 2 is 2.40 bits per heavy atom. The highest BCUT2D eigenvalue weighted by molar-refractivity contribution is 9.11. The molecule has 4 nitrogen and oxygen atoms in total. The van der Waals surface area contributed by atoms with Crippen LogP contribution in [-0.4, -0.2) is 32.8 Å². The first-order valence-corrected chi connectivity index (χ1v) is 6.02. The maximum absolute atomic E-state index is 4.28. The van der Waals surface area contributed by atoms with Crippen LogP contribution >= 0.6 is 15.9 Å². The molecule has 0 amide bonds. The molecule has 1 aromatic heterocycles. The van der Waals surface area contributed by atoms with E-state index in [4.69, 9.17) is 0 Å². The quantitative estimate of drug-likeness (QED) is 0.840. The first-order valence-electron chi connectivity index (χ1n) is 5.23. The van der Waals surface area contributed by atoms with E-state index in [1.54, 1.807) is 6.33 Å². The molecular formula is C10H15BrN4. The van der Waals surface area contributed by atoms with E-state index in [0.717, 1.165) is 38.4 Å². The van der Waals surface area contributed by atoms with Gasteiger partial charge in [0.15, 0.2) is 0 Å². The summed E-state index contributed by atoms with van der Waals surface area (Å²) in [5, 5.41) is 4.17. The molecule has 5 heteroatoms. The van der Waals surface area contributed by atoms with Gasteiger partial charge in [-0.2, -0.15) is 5.10 Å². The lowest BCUT2D eigenvalue weighted by atomic mass is 10.2. The Morgan fingerprint density at radius 3 is 3.13 bits per heavy atom. The largest absolute Gasteiger partial charge is 0.291 e. The molecule has 0 fully saturated rings. The predicted molar refractivity (Wildman–Crippen MR) is 62.6 cm³/mol. The van der Waals surface area contributed by atoms with Crippen molar-refractivity contribution in [1.82, 2.24) is 19.7 Å². The van der Waals surface area contributed by atoms with Gasteiger partial charge in [-0.25, -0.2) is 9.67 Å². The second kappa shape index (κ2) is 4.90. The third-order valence-corrected chi connectivity index (χ3v) is 3.12. The Bertz CT molecular complexity index is 358. The fraction of sp³-hybridized carbons (Fsp3) is 0.600. The number of hydrogen-bond acceptors (Lipinski definition) is 3. The van der Waals surface area contributed by atoms with Crippen molar-refractivity contribution >= 4 is 15.9 Å². The summed E-state index contributed by atoms with van der Waals surface area (Å²) in [6.45, 7) is 5.95. The summed E-state index contributed by atoms with van der Waals surface area (Å²) in [5.74, 6) is 1.06. The third kappa shape index (κ3) is 2.66. The van der Waals surface area contributed by atoms with Gasteiger partial charge in [-0.1, -0.05) is 22.0 Å². The number of halogens is 1. The fourth-order valence-corrected chi connectivity index (χ4v) is 2.35. The van der Waals surface area contributed by atoms with Crippen LogP contribution in [0.25, 0.3) is 0 Å². The normalized spacial score (nSPS) is 17.9. The summed E-state index contributed by atoms with van der Waals surface area (Å²) in [5.41, 5.74) is 0. The molecule has 0 unspecified atom stereocenters. The van der Waals surface area contributed by atoms with Crippen molar-refractivity contribution in [2.75, 3.05) is 13.1 Å². The van der Waals surface area contributed by atoms with Crippen molar-refractivity contribution in [2.45, 2.75) is 26.4 Å². The highest BCUT2D eigenvalue weighted by Gasteiger charge is 2.13. The number of hydrogen-bond donors (Lipinski definition) is 0. The van der Waals surface area contributed by atoms with Crippen molar-refractivity contribution in [1.29, 1.82) is 0 Å². The average Bonchev–Trinajstić information content (AvgIpc) is 2.65. The minimum atomic E-state index is 0.886. The van der Waals surface area contributed by atoms with Crippen LogP contribution in [0.15, 0.2) is 16.9 Å². The van der Waals surface area contributed by atoms with E-state index in [1.807, 2.05) is 4.68 Å². The van der Waals surface area contributed by atoms with Crippen molar-refractivity contribution in [3.8, 4) is 0 Å². The SMILES string of the molecule is CCn1ncnc1CN1CCC=C(Br)C1. The summed E-state index contributed by atoms with van der Waals surface area (Å²) < 4.78 is 3.22. The number of rotatable bonds is 3. The molecule has 0 spiro atoms. The predicted octanol–water partition coefficient (Wildman–Crippen LogP) is 1.78. The first kappa shape index (κ1) is 10.8. The van der Waals surface area contributed by atoms with E-state index < -0.39 is 0 Å². The van der Waals surface area contributed by atoms with Crippen LogP contribution in [-0.2, 0) is 13.1 Å². The van der Waals surface area contributed by atoms with Crippen molar-refractivity contribution in [3.63, 3.8) is 0 Å². The summed E-state index contributed by atoms with van der Waals surface area (Å²) in [4.78, 5) is 6.66. The summed E-state index contributed by atoms with van der Waals surface area (Å²) in [6, 6.07) is 0. The lowest BCUT2D eigenvalue weighted by molar-refractivity contribution is 0.275. The zero-order valence-electron chi connectivity index (χ0n) is 8.86. The lowest BCUT2D eigenvalue weighted by Gasteiger charge is -2.24. The van der Waals surface area contributed by atoms with Gasteiger partial charge in [-0.05, 0) is 13.3 Å². The molecule has 0 bridgehead atoms. The Kier molecular flexibility index (Phi) is 3.53. The zero-order valence-corrected chi connectivity index (χ0v) is 10.4. The molecular weight excluding hydrogens is 256 g/mol. The molecule has 0 atom stereocenters. The summed E-state index contributed by atoms with van der Waals surface area (Å²) in [7, 11) is 0. The lowest BCUT2D eigenvalue weighted by Crippen LogP contribution is -2.29. The maximum Gasteiger partial charge on any atom is 0.141 e. The highest BCUT2D eigenvalue weighted by Crippen LogP contribution is 2.16. The monoisotopic (exact) mass is 270 g/mol. The highest BCUT2D eigenvalue weighted by atomic mass is 79.9. The molecule has 0 radical (unpaired) electrons. The fourth-order valence-electron chi connectivity index (χ4n) is 1.77. The van der Waals surface area contributed by atoms with E-state index in [-0.39, 0.29) is 0 Å². The Balaban J connectivity index is 2.00. The van der Waals surface area contributed by atoms with Crippen LogP contribution < -0.4 is 0 Å². The Morgan fingerprint density at radius 1 is 1.53 bits per heavy atom. The molecule has 15 heavy (non-hydrogen) atoms. The van der Waals surface area contributed by atoms with Gasteiger partial charge in [-0.15, -0.1) is 0 Å². The molecule has 1 aliphatic rings. The average molecular weight is 271 g/mol. The second-order valence-electron chi connectivity index (χ2n) is 3.64. The minimum Gasteiger partial charge on any atom is -0.291 e. The van der Waals surface area contributed by atoms with Gasteiger partial charge < -0.3 is 0 Å². The van der Waals surface area contributed by atoms with Crippen LogP contribution in [0.5, 0.6) is 0 Å². The maximum atomic E-state index is 4.28. The molecule has 0 aromatic carbocycles. The number of nitrogens with zero attached hydrogens (tertiary/aromatic N) is 4. The van der Waals surface area contributed by atoms with Gasteiger partial charge in [0.1, 0.15) is 12.2 Å². The van der Waals surface area contributed by atoms with E-state index in [9.17, 15) is 0 Å². The molecule has 0 N–H and O–H groups in total. The van der Waals surface area contributed by atoms with Crippen molar-refractivity contribution in [3.05, 3.63) is 22.7 Å². The second-order valence-corrected chi connectivity index (χ2v) is 4.66. The molecule has 0 aliphatic carbocycles. The van der Waals surface area contributed by atoms with Crippen LogP contribution in [0.1, 0.15) is 19.2 Å². The van der Waals surface area contributed by atoms with Gasteiger partial charge in [0.2, 0.25) is 0 Å². The van der Waals surface area contributed by atoms with Crippen LogP contribution in [0.3, 0.4) is 0 Å².